The summed E-state index contributed by atoms with van der Waals surface area (Å²) in [6.07, 6.45) is 1.27. The van der Waals surface area contributed by atoms with E-state index in [1.165, 1.54) is 4.31 Å². The fraction of sp³-hybridized carbons (Fsp3) is 0.381. The summed E-state index contributed by atoms with van der Waals surface area (Å²) >= 11 is 11.9. The van der Waals surface area contributed by atoms with E-state index in [-0.39, 0.29) is 18.2 Å². The first kappa shape index (κ1) is 22.9. The van der Waals surface area contributed by atoms with Gasteiger partial charge in [0.05, 0.1) is 28.3 Å². The Morgan fingerprint density at radius 1 is 1.17 bits per heavy atom. The molecule has 1 saturated heterocycles. The molecule has 6 nitrogen and oxygen atoms in total. The summed E-state index contributed by atoms with van der Waals surface area (Å²) < 4.78 is 32.5. The maximum atomic E-state index is 12.9. The van der Waals surface area contributed by atoms with Crippen molar-refractivity contribution in [3.63, 3.8) is 0 Å². The first-order valence-electron chi connectivity index (χ1n) is 9.74. The van der Waals surface area contributed by atoms with E-state index in [4.69, 9.17) is 27.9 Å². The van der Waals surface area contributed by atoms with Crippen LogP contribution in [0.1, 0.15) is 25.3 Å². The van der Waals surface area contributed by atoms with E-state index in [1.54, 1.807) is 42.5 Å². The Hall–Kier alpha value is -1.80. The lowest BCUT2D eigenvalue weighted by atomic mass is 9.99. The van der Waals surface area contributed by atoms with E-state index in [0.717, 1.165) is 5.75 Å². The van der Waals surface area contributed by atoms with E-state index in [9.17, 15) is 13.2 Å². The highest BCUT2D eigenvalue weighted by atomic mass is 35.5. The van der Waals surface area contributed by atoms with Crippen LogP contribution in [-0.2, 0) is 20.6 Å². The molecule has 0 unspecified atom stereocenters. The molecular formula is C21H24Cl2N2O4S. The highest BCUT2D eigenvalue weighted by Crippen LogP contribution is 2.26. The van der Waals surface area contributed by atoms with Gasteiger partial charge in [-0.05, 0) is 61.7 Å². The SMILES string of the molecule is CCOc1ccc(NC(=O)[C@H]2CCCN(S(=O)(=O)Cc3ccc(Cl)c(Cl)c3)C2)cc1. The molecule has 0 aliphatic carbocycles. The van der Waals surface area contributed by atoms with Crippen LogP contribution < -0.4 is 10.1 Å². The molecule has 3 rings (SSSR count). The van der Waals surface area contributed by atoms with E-state index >= 15 is 0 Å². The van der Waals surface area contributed by atoms with Crippen LogP contribution in [0.25, 0.3) is 0 Å². The zero-order chi connectivity index (χ0) is 21.7. The molecule has 1 N–H and O–H groups in total. The van der Waals surface area contributed by atoms with Crippen molar-refractivity contribution in [2.75, 3.05) is 25.0 Å². The largest absolute Gasteiger partial charge is 0.494 e. The minimum absolute atomic E-state index is 0.159. The van der Waals surface area contributed by atoms with Gasteiger partial charge in [0.1, 0.15) is 5.75 Å². The van der Waals surface area contributed by atoms with Crippen molar-refractivity contribution >= 4 is 44.8 Å². The van der Waals surface area contributed by atoms with Crippen LogP contribution in [0.3, 0.4) is 0 Å². The van der Waals surface area contributed by atoms with Gasteiger partial charge in [0.2, 0.25) is 15.9 Å². The zero-order valence-corrected chi connectivity index (χ0v) is 18.9. The second kappa shape index (κ2) is 10.0. The number of carbonyl (C=O) groups is 1. The first-order chi connectivity index (χ1) is 14.3. The number of ether oxygens (including phenoxy) is 1. The van der Waals surface area contributed by atoms with Crippen LogP contribution >= 0.6 is 23.2 Å². The Kier molecular flexibility index (Phi) is 7.63. The molecule has 162 valence electrons. The van der Waals surface area contributed by atoms with E-state index in [0.29, 0.717) is 47.3 Å². The van der Waals surface area contributed by atoms with Crippen molar-refractivity contribution in [2.24, 2.45) is 5.92 Å². The highest BCUT2D eigenvalue weighted by molar-refractivity contribution is 7.88. The molecule has 2 aromatic carbocycles. The molecule has 2 aromatic rings. The summed E-state index contributed by atoms with van der Waals surface area (Å²) in [5, 5.41) is 3.56. The minimum atomic E-state index is -3.58. The molecule has 0 radical (unpaired) electrons. The molecule has 9 heteroatoms. The fourth-order valence-electron chi connectivity index (χ4n) is 3.39. The zero-order valence-electron chi connectivity index (χ0n) is 16.6. The Balaban J connectivity index is 1.63. The van der Waals surface area contributed by atoms with Crippen molar-refractivity contribution in [1.29, 1.82) is 0 Å². The van der Waals surface area contributed by atoms with Gasteiger partial charge >= 0.3 is 0 Å². The number of anilines is 1. The molecule has 1 aliphatic heterocycles. The summed E-state index contributed by atoms with van der Waals surface area (Å²) in [7, 11) is -3.58. The number of benzene rings is 2. The van der Waals surface area contributed by atoms with Gasteiger partial charge in [-0.1, -0.05) is 29.3 Å². The van der Waals surface area contributed by atoms with Crippen molar-refractivity contribution in [3.8, 4) is 5.75 Å². The standard InChI is InChI=1S/C21H24Cl2N2O4S/c1-2-29-18-8-6-17(7-9-18)24-21(26)16-4-3-11-25(13-16)30(27,28)14-15-5-10-19(22)20(23)12-15/h5-10,12,16H,2-4,11,13-14H2,1H3,(H,24,26)/t16-/m0/s1. The van der Waals surface area contributed by atoms with Crippen LogP contribution in [0, 0.1) is 5.92 Å². The Bertz CT molecular complexity index is 997. The number of nitrogens with zero attached hydrogens (tertiary/aromatic N) is 1. The molecule has 1 atom stereocenters. The normalized spacial score (nSPS) is 17.5. The molecule has 1 amide bonds. The summed E-state index contributed by atoms with van der Waals surface area (Å²) in [6, 6.07) is 11.9. The quantitative estimate of drug-likeness (QED) is 0.642. The number of sulfonamides is 1. The maximum absolute atomic E-state index is 12.9. The van der Waals surface area contributed by atoms with Crippen molar-refractivity contribution in [1.82, 2.24) is 4.31 Å². The Morgan fingerprint density at radius 3 is 2.57 bits per heavy atom. The first-order valence-corrected chi connectivity index (χ1v) is 12.1. The van der Waals surface area contributed by atoms with E-state index in [2.05, 4.69) is 5.32 Å². The molecule has 1 heterocycles. The molecule has 1 fully saturated rings. The van der Waals surface area contributed by atoms with E-state index in [1.807, 2.05) is 6.92 Å². The van der Waals surface area contributed by atoms with Gasteiger partial charge in [-0.3, -0.25) is 4.79 Å². The van der Waals surface area contributed by atoms with Gasteiger partial charge in [0.15, 0.2) is 0 Å². The van der Waals surface area contributed by atoms with Gasteiger partial charge in [-0.2, -0.15) is 0 Å². The smallest absolute Gasteiger partial charge is 0.228 e. The monoisotopic (exact) mass is 470 g/mol. The number of halogens is 2. The second-order valence-electron chi connectivity index (χ2n) is 7.15. The molecule has 0 saturated carbocycles. The number of carbonyl (C=O) groups excluding carboxylic acids is 1. The lowest BCUT2D eigenvalue weighted by molar-refractivity contribution is -0.120. The van der Waals surface area contributed by atoms with Crippen LogP contribution in [0.5, 0.6) is 5.75 Å². The number of nitrogens with one attached hydrogen (secondary N) is 1. The summed E-state index contributed by atoms with van der Waals surface area (Å²) in [5.74, 6) is -0.0489. The van der Waals surface area contributed by atoms with Crippen molar-refractivity contribution < 1.29 is 17.9 Å². The van der Waals surface area contributed by atoms with Crippen molar-refractivity contribution in [3.05, 3.63) is 58.1 Å². The average Bonchev–Trinajstić information content (AvgIpc) is 2.72. The molecule has 0 spiro atoms. The predicted molar refractivity (Wildman–Crippen MR) is 120 cm³/mol. The lowest BCUT2D eigenvalue weighted by Gasteiger charge is -2.31. The average molecular weight is 471 g/mol. The van der Waals surface area contributed by atoms with Crippen LogP contribution in [0.15, 0.2) is 42.5 Å². The summed E-state index contributed by atoms with van der Waals surface area (Å²) in [6.45, 7) is 3.03. The Labute approximate surface area is 187 Å². The maximum Gasteiger partial charge on any atom is 0.228 e. The number of hydrogen-bond acceptors (Lipinski definition) is 4. The van der Waals surface area contributed by atoms with Crippen LogP contribution in [0.2, 0.25) is 10.0 Å². The molecule has 0 bridgehead atoms. The molecule has 0 aromatic heterocycles. The van der Waals surface area contributed by atoms with E-state index < -0.39 is 15.9 Å². The lowest BCUT2D eigenvalue weighted by Crippen LogP contribution is -2.44. The fourth-order valence-corrected chi connectivity index (χ4v) is 5.30. The molecule has 1 aliphatic rings. The number of piperidine rings is 1. The van der Waals surface area contributed by atoms with Gasteiger partial charge in [0.25, 0.3) is 0 Å². The van der Waals surface area contributed by atoms with Crippen LogP contribution in [-0.4, -0.2) is 38.3 Å². The molecule has 30 heavy (non-hydrogen) atoms. The third-order valence-corrected chi connectivity index (χ3v) is 7.47. The number of rotatable bonds is 7. The topological polar surface area (TPSA) is 75.7 Å². The number of amides is 1. The summed E-state index contributed by atoms with van der Waals surface area (Å²) in [4.78, 5) is 12.7. The van der Waals surface area contributed by atoms with Crippen molar-refractivity contribution in [2.45, 2.75) is 25.5 Å². The predicted octanol–water partition coefficient (Wildman–Crippen LogP) is 4.57. The second-order valence-corrected chi connectivity index (χ2v) is 9.93. The summed E-state index contributed by atoms with van der Waals surface area (Å²) in [5.41, 5.74) is 1.21. The van der Waals surface area contributed by atoms with Gasteiger partial charge < -0.3 is 10.1 Å². The minimum Gasteiger partial charge on any atom is -0.494 e. The van der Waals surface area contributed by atoms with Gasteiger partial charge in [-0.25, -0.2) is 12.7 Å². The molecular weight excluding hydrogens is 447 g/mol. The van der Waals surface area contributed by atoms with Crippen LogP contribution in [0.4, 0.5) is 5.69 Å². The number of hydrogen-bond donors (Lipinski definition) is 1. The van der Waals surface area contributed by atoms with Gasteiger partial charge in [0, 0.05) is 18.8 Å². The van der Waals surface area contributed by atoms with Gasteiger partial charge in [-0.15, -0.1) is 0 Å². The third kappa shape index (κ3) is 5.88. The Morgan fingerprint density at radius 2 is 1.90 bits per heavy atom. The third-order valence-electron chi connectivity index (χ3n) is 4.91. The highest BCUT2D eigenvalue weighted by Gasteiger charge is 2.32.